The van der Waals surface area contributed by atoms with Gasteiger partial charge in [-0.05, 0) is 52.8 Å². The van der Waals surface area contributed by atoms with Crippen molar-refractivity contribution in [3.63, 3.8) is 0 Å². The van der Waals surface area contributed by atoms with Crippen molar-refractivity contribution >= 4 is 18.0 Å². The highest BCUT2D eigenvalue weighted by atomic mass is 16.7. The molecule has 1 fully saturated rings. The van der Waals surface area contributed by atoms with Crippen LogP contribution in [-0.4, -0.2) is 113 Å². The summed E-state index contributed by atoms with van der Waals surface area (Å²) in [5.41, 5.74) is 0.714. The molecular weight excluding hydrogens is 546 g/mol. The average molecular weight is 598 g/mol. The van der Waals surface area contributed by atoms with Crippen LogP contribution in [0.4, 0.5) is 0 Å². The number of ether oxygens (including phenoxy) is 3. The first-order valence-corrected chi connectivity index (χ1v) is 14.9. The summed E-state index contributed by atoms with van der Waals surface area (Å²) < 4.78 is 17.9. The molecule has 2 rings (SSSR count). The van der Waals surface area contributed by atoms with Crippen LogP contribution in [0.5, 0.6) is 0 Å². The maximum absolute atomic E-state index is 13.1. The first kappa shape index (κ1) is 36.2. The van der Waals surface area contributed by atoms with Gasteiger partial charge in [0.15, 0.2) is 12.1 Å². The quantitative estimate of drug-likeness (QED) is 0.248. The molecule has 1 saturated heterocycles. The van der Waals surface area contributed by atoms with Gasteiger partial charge in [-0.3, -0.25) is 9.59 Å². The second kappa shape index (κ2) is 16.7. The number of hydrogen-bond donors (Lipinski definition) is 4. The number of cyclic esters (lactones) is 1. The van der Waals surface area contributed by atoms with E-state index in [9.17, 15) is 34.8 Å². The predicted molar refractivity (Wildman–Crippen MR) is 155 cm³/mol. The van der Waals surface area contributed by atoms with E-state index in [1.54, 1.807) is 58.8 Å². The maximum Gasteiger partial charge on any atom is 0.308 e. The van der Waals surface area contributed by atoms with E-state index in [1.807, 2.05) is 6.92 Å². The van der Waals surface area contributed by atoms with E-state index in [-0.39, 0.29) is 31.7 Å². The summed E-state index contributed by atoms with van der Waals surface area (Å²) >= 11 is 0. The molecule has 0 aromatic heterocycles. The number of nitrogens with zero attached hydrogens (tertiary/aromatic N) is 1. The molecule has 240 valence electrons. The van der Waals surface area contributed by atoms with Gasteiger partial charge >= 0.3 is 5.97 Å². The molecule has 0 aliphatic carbocycles. The van der Waals surface area contributed by atoms with E-state index in [2.05, 4.69) is 0 Å². The Hall–Kier alpha value is -1.99. The van der Waals surface area contributed by atoms with Gasteiger partial charge in [0.05, 0.1) is 43.5 Å². The Kier molecular flexibility index (Phi) is 14.4. The number of likely N-dealkylation sites (N-methyl/N-ethyl adjacent to an activating group) is 1. The third-order valence-corrected chi connectivity index (χ3v) is 8.56. The fraction of sp³-hybridized carbons (Fsp3) is 0.774. The number of aldehydes is 1. The minimum Gasteiger partial charge on any atom is -0.462 e. The molecule has 11 heteroatoms. The van der Waals surface area contributed by atoms with Gasteiger partial charge in [0.1, 0.15) is 18.5 Å². The Balaban J connectivity index is 2.52. The number of esters is 1. The molecule has 2 aliphatic heterocycles. The van der Waals surface area contributed by atoms with E-state index in [0.29, 0.717) is 12.0 Å². The molecule has 12 atom stereocenters. The Morgan fingerprint density at radius 2 is 1.76 bits per heavy atom. The molecule has 4 N–H and O–H groups in total. The van der Waals surface area contributed by atoms with Crippen molar-refractivity contribution in [2.24, 2.45) is 23.7 Å². The van der Waals surface area contributed by atoms with E-state index in [0.717, 1.165) is 6.29 Å². The van der Waals surface area contributed by atoms with Crippen LogP contribution in [0.25, 0.3) is 0 Å². The van der Waals surface area contributed by atoms with E-state index in [1.165, 1.54) is 6.08 Å². The summed E-state index contributed by atoms with van der Waals surface area (Å²) in [5, 5.41) is 43.0. The zero-order chi connectivity index (χ0) is 31.7. The number of rotatable bonds is 7. The van der Waals surface area contributed by atoms with Gasteiger partial charge in [-0.15, -0.1) is 0 Å². The van der Waals surface area contributed by atoms with Gasteiger partial charge in [-0.2, -0.15) is 0 Å². The zero-order valence-corrected chi connectivity index (χ0v) is 26.0. The summed E-state index contributed by atoms with van der Waals surface area (Å²) in [6, 6.07) is -0.711. The molecule has 0 radical (unpaired) electrons. The molecule has 0 bridgehead atoms. The molecule has 12 unspecified atom stereocenters. The zero-order valence-electron chi connectivity index (χ0n) is 26.0. The molecular formula is C31H51NO10. The molecule has 0 aromatic rings. The number of aliphatic hydroxyl groups excluding tert-OH is 4. The lowest BCUT2D eigenvalue weighted by molar-refractivity contribution is -0.304. The Morgan fingerprint density at radius 3 is 2.33 bits per heavy atom. The normalized spacial score (nSPS) is 41.6. The lowest BCUT2D eigenvalue weighted by Gasteiger charge is -2.46. The average Bonchev–Trinajstić information content (AvgIpc) is 2.93. The van der Waals surface area contributed by atoms with Crippen molar-refractivity contribution in [3.05, 3.63) is 23.8 Å². The standard InChI is InChI=1S/C31H51NO10/c1-8-25-22(16-34)13-17(2)9-10-23(35)18(3)14-21(11-12-33)30(19(4)24(36)15-26(37)41-25)42-31-29(39)27(32(6)7)28(38)20(5)40-31/h9-10,12-13,18-22,24-25,27-31,34,36,38-39H,8,11,14-16H2,1-7H3/b10-9+,17-13+. The minimum atomic E-state index is -1.27. The number of aliphatic hydroxyl groups is 4. The molecule has 0 amide bonds. The monoisotopic (exact) mass is 597 g/mol. The van der Waals surface area contributed by atoms with E-state index < -0.39 is 78.6 Å². The third-order valence-electron chi connectivity index (χ3n) is 8.56. The van der Waals surface area contributed by atoms with Crippen LogP contribution in [0, 0.1) is 23.7 Å². The van der Waals surface area contributed by atoms with Crippen molar-refractivity contribution in [3.8, 4) is 0 Å². The van der Waals surface area contributed by atoms with Gasteiger partial charge in [-0.1, -0.05) is 38.5 Å². The Morgan fingerprint density at radius 1 is 1.10 bits per heavy atom. The van der Waals surface area contributed by atoms with Crippen molar-refractivity contribution in [2.75, 3.05) is 20.7 Å². The van der Waals surface area contributed by atoms with E-state index >= 15 is 0 Å². The predicted octanol–water partition coefficient (Wildman–Crippen LogP) is 1.40. The highest BCUT2D eigenvalue weighted by Gasteiger charge is 2.47. The van der Waals surface area contributed by atoms with Gasteiger partial charge in [-0.25, -0.2) is 0 Å². The van der Waals surface area contributed by atoms with Crippen molar-refractivity contribution in [2.45, 2.75) is 109 Å². The summed E-state index contributed by atoms with van der Waals surface area (Å²) in [7, 11) is 3.43. The van der Waals surface area contributed by atoms with Crippen LogP contribution in [0.15, 0.2) is 23.8 Å². The highest BCUT2D eigenvalue weighted by Crippen LogP contribution is 2.34. The van der Waals surface area contributed by atoms with Gasteiger partial charge in [0.2, 0.25) is 0 Å². The molecule has 11 nitrogen and oxygen atoms in total. The second-order valence-electron chi connectivity index (χ2n) is 12.1. The smallest absolute Gasteiger partial charge is 0.308 e. The molecule has 2 aliphatic rings. The minimum absolute atomic E-state index is 0.000625. The van der Waals surface area contributed by atoms with Crippen LogP contribution in [0.1, 0.15) is 60.3 Å². The number of hydrogen-bond acceptors (Lipinski definition) is 11. The topological polar surface area (TPSA) is 163 Å². The summed E-state index contributed by atoms with van der Waals surface area (Å²) in [4.78, 5) is 39.6. The lowest BCUT2D eigenvalue weighted by Crippen LogP contribution is -2.63. The Labute approximate surface area is 249 Å². The van der Waals surface area contributed by atoms with Crippen LogP contribution in [0.2, 0.25) is 0 Å². The largest absolute Gasteiger partial charge is 0.462 e. The first-order chi connectivity index (χ1) is 19.7. The number of allylic oxidation sites excluding steroid dienone is 3. The lowest BCUT2D eigenvalue weighted by atomic mass is 9.79. The van der Waals surface area contributed by atoms with Crippen LogP contribution >= 0.6 is 0 Å². The SMILES string of the molecule is CCC1OC(=O)CC(O)C(C)C(OC2OC(C)C(O)C(N(C)C)C2O)C(CC=O)CC(C)C(=O)/C=C/C(C)=C/C1CO. The molecule has 42 heavy (non-hydrogen) atoms. The van der Waals surface area contributed by atoms with Crippen LogP contribution in [0.3, 0.4) is 0 Å². The van der Waals surface area contributed by atoms with E-state index in [4.69, 9.17) is 14.2 Å². The number of carbonyl (C=O) groups is 3. The van der Waals surface area contributed by atoms with Crippen LogP contribution < -0.4 is 0 Å². The highest BCUT2D eigenvalue weighted by molar-refractivity contribution is 5.91. The summed E-state index contributed by atoms with van der Waals surface area (Å²) in [6.07, 6.45) is -1.12. The van der Waals surface area contributed by atoms with Crippen molar-refractivity contribution in [1.29, 1.82) is 0 Å². The second-order valence-corrected chi connectivity index (χ2v) is 12.1. The molecule has 0 spiro atoms. The summed E-state index contributed by atoms with van der Waals surface area (Å²) in [5.74, 6) is -3.16. The number of carbonyl (C=O) groups excluding carboxylic acids is 3. The maximum atomic E-state index is 13.1. The third kappa shape index (κ3) is 9.51. The van der Waals surface area contributed by atoms with Gasteiger partial charge < -0.3 is 44.3 Å². The number of ketones is 1. The molecule has 2 heterocycles. The Bertz CT molecular complexity index is 952. The summed E-state index contributed by atoms with van der Waals surface area (Å²) in [6.45, 7) is 8.42. The van der Waals surface area contributed by atoms with Crippen molar-refractivity contribution < 1.29 is 49.0 Å². The van der Waals surface area contributed by atoms with Gasteiger partial charge in [0, 0.05) is 24.2 Å². The van der Waals surface area contributed by atoms with Crippen LogP contribution in [-0.2, 0) is 28.6 Å². The fourth-order valence-corrected chi connectivity index (χ4v) is 5.93. The first-order valence-electron chi connectivity index (χ1n) is 14.9. The van der Waals surface area contributed by atoms with Gasteiger partial charge in [0.25, 0.3) is 0 Å². The molecule has 0 aromatic carbocycles. The van der Waals surface area contributed by atoms with Crippen molar-refractivity contribution in [1.82, 2.24) is 4.90 Å². The fourth-order valence-electron chi connectivity index (χ4n) is 5.93. The molecule has 0 saturated carbocycles.